The molecule has 2 aromatic rings. The number of fused-ring (bicyclic) bond motifs is 1. The number of methoxy groups -OCH3 is 1. The van der Waals surface area contributed by atoms with Gasteiger partial charge in [0.15, 0.2) is 0 Å². The molecule has 0 aromatic heterocycles. The Bertz CT molecular complexity index is 742. The van der Waals surface area contributed by atoms with Crippen molar-refractivity contribution in [3.8, 4) is 5.75 Å². The number of aryl methyl sites for hydroxylation is 1. The molecule has 2 aromatic carbocycles. The van der Waals surface area contributed by atoms with E-state index < -0.39 is 0 Å². The minimum atomic E-state index is -0.238. The molecular formula is C21H25NO3. The number of hydrogen-bond acceptors (Lipinski definition) is 4. The first-order chi connectivity index (χ1) is 12.2. The van der Waals surface area contributed by atoms with E-state index in [1.165, 1.54) is 16.7 Å². The zero-order chi connectivity index (χ0) is 17.6. The van der Waals surface area contributed by atoms with Crippen molar-refractivity contribution in [1.82, 2.24) is 5.32 Å². The second-order valence-electron chi connectivity index (χ2n) is 6.24. The maximum absolute atomic E-state index is 11.9. The van der Waals surface area contributed by atoms with Crippen LogP contribution in [0.4, 0.5) is 0 Å². The third-order valence-corrected chi connectivity index (χ3v) is 4.71. The average molecular weight is 339 g/mol. The third kappa shape index (κ3) is 4.02. The van der Waals surface area contributed by atoms with Crippen molar-refractivity contribution >= 4 is 5.97 Å². The smallest absolute Gasteiger partial charge is 0.338 e. The van der Waals surface area contributed by atoms with Gasteiger partial charge in [-0.15, -0.1) is 0 Å². The van der Waals surface area contributed by atoms with Gasteiger partial charge in [-0.05, 0) is 67.6 Å². The van der Waals surface area contributed by atoms with Gasteiger partial charge in [0.2, 0.25) is 0 Å². The van der Waals surface area contributed by atoms with Crippen molar-refractivity contribution in [3.63, 3.8) is 0 Å². The average Bonchev–Trinajstić information content (AvgIpc) is 3.04. The van der Waals surface area contributed by atoms with Crippen molar-refractivity contribution in [3.05, 3.63) is 64.7 Å². The summed E-state index contributed by atoms with van der Waals surface area (Å²) < 4.78 is 10.5. The number of carbonyl (C=O) groups excluding carboxylic acids is 1. The summed E-state index contributed by atoms with van der Waals surface area (Å²) in [5.74, 6) is 0.702. The molecule has 0 spiro atoms. The summed E-state index contributed by atoms with van der Waals surface area (Å²) in [5.41, 5.74) is 4.41. The number of nitrogens with one attached hydrogen (secondary N) is 1. The SMILES string of the molecule is CCOC(=O)c1ccc2c(c1)CCC2NCCc1ccccc1OC. The van der Waals surface area contributed by atoms with Crippen LogP contribution in [0.15, 0.2) is 42.5 Å². The molecule has 1 unspecified atom stereocenters. The summed E-state index contributed by atoms with van der Waals surface area (Å²) in [5, 5.41) is 3.64. The van der Waals surface area contributed by atoms with E-state index in [1.807, 2.05) is 37.3 Å². The first-order valence-electron chi connectivity index (χ1n) is 8.88. The van der Waals surface area contributed by atoms with Crippen LogP contribution in [0.25, 0.3) is 0 Å². The zero-order valence-corrected chi connectivity index (χ0v) is 14.9. The molecule has 0 bridgehead atoms. The molecule has 0 aliphatic heterocycles. The maximum Gasteiger partial charge on any atom is 0.338 e. The molecule has 1 atom stereocenters. The fraction of sp³-hybridized carbons (Fsp3) is 0.381. The molecule has 1 aliphatic rings. The molecule has 0 saturated carbocycles. The minimum absolute atomic E-state index is 0.238. The third-order valence-electron chi connectivity index (χ3n) is 4.71. The summed E-state index contributed by atoms with van der Waals surface area (Å²) in [6.07, 6.45) is 2.99. The lowest BCUT2D eigenvalue weighted by atomic mass is 10.0. The van der Waals surface area contributed by atoms with E-state index in [0.29, 0.717) is 18.2 Å². The monoisotopic (exact) mass is 339 g/mol. The van der Waals surface area contributed by atoms with Gasteiger partial charge in [0.1, 0.15) is 5.75 Å². The molecule has 4 heteroatoms. The number of rotatable bonds is 7. The van der Waals surface area contributed by atoms with Crippen LogP contribution in [0.5, 0.6) is 5.75 Å². The van der Waals surface area contributed by atoms with E-state index in [-0.39, 0.29) is 5.97 Å². The molecule has 132 valence electrons. The Morgan fingerprint density at radius 2 is 2.08 bits per heavy atom. The summed E-state index contributed by atoms with van der Waals surface area (Å²) >= 11 is 0. The molecule has 0 radical (unpaired) electrons. The van der Waals surface area contributed by atoms with Crippen LogP contribution in [-0.4, -0.2) is 26.2 Å². The summed E-state index contributed by atoms with van der Waals surface area (Å²) in [6.45, 7) is 3.13. The fourth-order valence-electron chi connectivity index (χ4n) is 3.46. The molecular weight excluding hydrogens is 314 g/mol. The van der Waals surface area contributed by atoms with E-state index in [0.717, 1.165) is 31.6 Å². The molecule has 1 aliphatic carbocycles. The number of carbonyl (C=O) groups is 1. The highest BCUT2D eigenvalue weighted by Gasteiger charge is 2.23. The van der Waals surface area contributed by atoms with Gasteiger partial charge in [0.25, 0.3) is 0 Å². The van der Waals surface area contributed by atoms with Gasteiger partial charge in [0.05, 0.1) is 19.3 Å². The Kier molecular flexibility index (Phi) is 5.71. The van der Waals surface area contributed by atoms with Crippen LogP contribution in [0, 0.1) is 0 Å². The highest BCUT2D eigenvalue weighted by Crippen LogP contribution is 2.32. The van der Waals surface area contributed by atoms with Gasteiger partial charge in [-0.25, -0.2) is 4.79 Å². The standard InChI is InChI=1S/C21H25NO3/c1-3-25-21(23)17-8-10-18-16(14-17)9-11-19(18)22-13-12-15-6-4-5-7-20(15)24-2/h4-8,10,14,19,22H,3,9,11-13H2,1-2H3. The lowest BCUT2D eigenvalue weighted by molar-refractivity contribution is 0.0526. The van der Waals surface area contributed by atoms with Crippen molar-refractivity contribution < 1.29 is 14.3 Å². The summed E-state index contributed by atoms with van der Waals surface area (Å²) in [6, 6.07) is 14.4. The molecule has 4 nitrogen and oxygen atoms in total. The highest BCUT2D eigenvalue weighted by atomic mass is 16.5. The quantitative estimate of drug-likeness (QED) is 0.782. The van der Waals surface area contributed by atoms with E-state index in [1.54, 1.807) is 7.11 Å². The molecule has 0 amide bonds. The predicted molar refractivity (Wildman–Crippen MR) is 98.2 cm³/mol. The Balaban J connectivity index is 1.60. The van der Waals surface area contributed by atoms with E-state index in [2.05, 4.69) is 17.4 Å². The maximum atomic E-state index is 11.9. The zero-order valence-electron chi connectivity index (χ0n) is 14.9. The number of para-hydroxylation sites is 1. The summed E-state index contributed by atoms with van der Waals surface area (Å²) in [4.78, 5) is 11.9. The summed E-state index contributed by atoms with van der Waals surface area (Å²) in [7, 11) is 1.71. The van der Waals surface area contributed by atoms with E-state index in [9.17, 15) is 4.79 Å². The second kappa shape index (κ2) is 8.17. The van der Waals surface area contributed by atoms with Gasteiger partial charge in [-0.1, -0.05) is 24.3 Å². The molecule has 1 N–H and O–H groups in total. The van der Waals surface area contributed by atoms with Crippen LogP contribution in [0.1, 0.15) is 46.4 Å². The Labute approximate surface area is 149 Å². The molecule has 3 rings (SSSR count). The van der Waals surface area contributed by atoms with Crippen LogP contribution in [-0.2, 0) is 17.6 Å². The van der Waals surface area contributed by atoms with Crippen molar-refractivity contribution in [1.29, 1.82) is 0 Å². The van der Waals surface area contributed by atoms with Crippen LogP contribution in [0.2, 0.25) is 0 Å². The largest absolute Gasteiger partial charge is 0.496 e. The van der Waals surface area contributed by atoms with E-state index in [4.69, 9.17) is 9.47 Å². The van der Waals surface area contributed by atoms with Gasteiger partial charge < -0.3 is 14.8 Å². The van der Waals surface area contributed by atoms with E-state index >= 15 is 0 Å². The fourth-order valence-corrected chi connectivity index (χ4v) is 3.46. The number of hydrogen-bond donors (Lipinski definition) is 1. The number of esters is 1. The van der Waals surface area contributed by atoms with Crippen LogP contribution in [0.3, 0.4) is 0 Å². The van der Waals surface area contributed by atoms with Gasteiger partial charge >= 0.3 is 5.97 Å². The molecule has 25 heavy (non-hydrogen) atoms. The number of benzene rings is 2. The molecule has 0 fully saturated rings. The minimum Gasteiger partial charge on any atom is -0.496 e. The lowest BCUT2D eigenvalue weighted by Crippen LogP contribution is -2.22. The Morgan fingerprint density at radius 3 is 2.88 bits per heavy atom. The number of ether oxygens (including phenoxy) is 2. The van der Waals surface area contributed by atoms with Crippen LogP contribution >= 0.6 is 0 Å². The lowest BCUT2D eigenvalue weighted by Gasteiger charge is -2.15. The van der Waals surface area contributed by atoms with Gasteiger partial charge in [-0.3, -0.25) is 0 Å². The first kappa shape index (κ1) is 17.5. The Hall–Kier alpha value is -2.33. The Morgan fingerprint density at radius 1 is 1.24 bits per heavy atom. The normalized spacial score (nSPS) is 15.7. The highest BCUT2D eigenvalue weighted by molar-refractivity contribution is 5.89. The van der Waals surface area contributed by atoms with Crippen molar-refractivity contribution in [2.24, 2.45) is 0 Å². The first-order valence-corrected chi connectivity index (χ1v) is 8.88. The van der Waals surface area contributed by atoms with Crippen molar-refractivity contribution in [2.45, 2.75) is 32.2 Å². The second-order valence-corrected chi connectivity index (χ2v) is 6.24. The predicted octanol–water partition coefficient (Wildman–Crippen LogP) is 3.69. The van der Waals surface area contributed by atoms with Crippen LogP contribution < -0.4 is 10.1 Å². The topological polar surface area (TPSA) is 47.6 Å². The molecule has 0 heterocycles. The van der Waals surface area contributed by atoms with Gasteiger partial charge in [-0.2, -0.15) is 0 Å². The van der Waals surface area contributed by atoms with Gasteiger partial charge in [0, 0.05) is 6.04 Å². The van der Waals surface area contributed by atoms with Crippen molar-refractivity contribution in [2.75, 3.05) is 20.3 Å². The molecule has 0 saturated heterocycles.